The Morgan fingerprint density at radius 3 is 2.71 bits per heavy atom. The first-order valence-electron chi connectivity index (χ1n) is 9.49. The Morgan fingerprint density at radius 1 is 1.21 bits per heavy atom. The first-order valence-corrected chi connectivity index (χ1v) is 9.86. The van der Waals surface area contributed by atoms with Gasteiger partial charge in [0.05, 0.1) is 10.7 Å². The van der Waals surface area contributed by atoms with Crippen LogP contribution < -0.4 is 22.1 Å². The van der Waals surface area contributed by atoms with Gasteiger partial charge < -0.3 is 22.1 Å². The molecule has 0 radical (unpaired) electrons. The van der Waals surface area contributed by atoms with Gasteiger partial charge in [-0.2, -0.15) is 9.97 Å². The van der Waals surface area contributed by atoms with Crippen molar-refractivity contribution in [3.05, 3.63) is 23.2 Å². The molecule has 1 aromatic carbocycles. The highest BCUT2D eigenvalue weighted by molar-refractivity contribution is 6.33. The number of nitrogen functional groups attached to an aromatic ring is 1. The summed E-state index contributed by atoms with van der Waals surface area (Å²) in [6, 6.07) is 5.94. The molecular formula is C18H24ClN9. The van der Waals surface area contributed by atoms with Crippen molar-refractivity contribution >= 4 is 45.9 Å². The lowest BCUT2D eigenvalue weighted by Gasteiger charge is -2.26. The minimum absolute atomic E-state index is 0.291. The summed E-state index contributed by atoms with van der Waals surface area (Å²) < 4.78 is 1.75. The molecule has 3 aromatic rings. The van der Waals surface area contributed by atoms with Gasteiger partial charge in [0, 0.05) is 24.3 Å². The maximum absolute atomic E-state index is 6.02. The Morgan fingerprint density at radius 2 is 2.00 bits per heavy atom. The smallest absolute Gasteiger partial charge is 0.227 e. The summed E-state index contributed by atoms with van der Waals surface area (Å²) >= 11 is 6.02. The van der Waals surface area contributed by atoms with E-state index >= 15 is 0 Å². The van der Waals surface area contributed by atoms with Gasteiger partial charge in [-0.3, -0.25) is 0 Å². The van der Waals surface area contributed by atoms with E-state index in [-0.39, 0.29) is 0 Å². The van der Waals surface area contributed by atoms with Gasteiger partial charge in [-0.15, -0.1) is 5.10 Å². The number of fused-ring (bicyclic) bond motifs is 1. The van der Waals surface area contributed by atoms with Crippen molar-refractivity contribution in [3.63, 3.8) is 0 Å². The fourth-order valence-corrected chi connectivity index (χ4v) is 3.54. The number of nitrogens with two attached hydrogens (primary N) is 2. The molecule has 0 spiro atoms. The molecule has 1 saturated carbocycles. The molecule has 10 heteroatoms. The van der Waals surface area contributed by atoms with Gasteiger partial charge in [0.1, 0.15) is 0 Å². The second-order valence-electron chi connectivity index (χ2n) is 7.09. The summed E-state index contributed by atoms with van der Waals surface area (Å²) in [5.41, 5.74) is 14.5. The molecule has 6 N–H and O–H groups in total. The predicted octanol–water partition coefficient (Wildman–Crippen LogP) is 2.90. The largest absolute Gasteiger partial charge is 0.397 e. The van der Waals surface area contributed by atoms with Crippen molar-refractivity contribution in [3.8, 4) is 0 Å². The van der Waals surface area contributed by atoms with Gasteiger partial charge in [-0.25, -0.2) is 4.68 Å². The highest BCUT2D eigenvalue weighted by Gasteiger charge is 2.21. The predicted molar refractivity (Wildman–Crippen MR) is 112 cm³/mol. The van der Waals surface area contributed by atoms with E-state index in [9.17, 15) is 0 Å². The van der Waals surface area contributed by atoms with E-state index in [1.54, 1.807) is 16.8 Å². The van der Waals surface area contributed by atoms with Crippen LogP contribution in [0.5, 0.6) is 0 Å². The fraction of sp³-hybridized carbons (Fsp3) is 0.444. The maximum atomic E-state index is 6.02. The van der Waals surface area contributed by atoms with Gasteiger partial charge >= 0.3 is 0 Å². The van der Waals surface area contributed by atoms with Crippen LogP contribution in [0, 0.1) is 0 Å². The lowest BCUT2D eigenvalue weighted by Crippen LogP contribution is -2.33. The SMILES string of the molecule is CCn1nnc2c(Nc3ccc(Cl)c(N)c3)nc(NC3CCC(N)CC3)nc21. The highest BCUT2D eigenvalue weighted by atomic mass is 35.5. The summed E-state index contributed by atoms with van der Waals surface area (Å²) in [5, 5.41) is 15.7. The van der Waals surface area contributed by atoms with Crippen LogP contribution in [-0.2, 0) is 6.54 Å². The molecule has 0 bridgehead atoms. The Kier molecular flexibility index (Phi) is 5.19. The summed E-state index contributed by atoms with van der Waals surface area (Å²) in [7, 11) is 0. The average Bonchev–Trinajstić information content (AvgIpc) is 3.10. The molecular weight excluding hydrogens is 378 g/mol. The molecule has 0 amide bonds. The minimum Gasteiger partial charge on any atom is -0.397 e. The molecule has 0 aliphatic heterocycles. The normalized spacial score (nSPS) is 19.7. The second kappa shape index (κ2) is 7.76. The minimum atomic E-state index is 0.291. The van der Waals surface area contributed by atoms with Crippen molar-refractivity contribution in [2.45, 2.75) is 51.2 Å². The van der Waals surface area contributed by atoms with Crippen LogP contribution in [0.4, 0.5) is 23.1 Å². The number of halogens is 1. The molecule has 1 aliphatic rings. The van der Waals surface area contributed by atoms with Crippen LogP contribution in [0.1, 0.15) is 32.6 Å². The Labute approximate surface area is 167 Å². The summed E-state index contributed by atoms with van der Waals surface area (Å²) in [4.78, 5) is 9.31. The molecule has 9 nitrogen and oxygen atoms in total. The van der Waals surface area contributed by atoms with Gasteiger partial charge in [-0.1, -0.05) is 16.8 Å². The van der Waals surface area contributed by atoms with Gasteiger partial charge in [0.25, 0.3) is 0 Å². The number of benzene rings is 1. The third-order valence-corrected chi connectivity index (χ3v) is 5.37. The Bertz CT molecular complexity index is 979. The first-order chi connectivity index (χ1) is 13.5. The monoisotopic (exact) mass is 401 g/mol. The molecule has 2 heterocycles. The van der Waals surface area contributed by atoms with Gasteiger partial charge in [0.15, 0.2) is 17.0 Å². The van der Waals surface area contributed by atoms with Crippen LogP contribution >= 0.6 is 11.6 Å². The van der Waals surface area contributed by atoms with E-state index in [0.29, 0.717) is 52.3 Å². The molecule has 0 saturated heterocycles. The molecule has 0 unspecified atom stereocenters. The summed E-state index contributed by atoms with van der Waals surface area (Å²) in [5.74, 6) is 1.12. The number of anilines is 4. The lowest BCUT2D eigenvalue weighted by atomic mass is 9.92. The van der Waals surface area contributed by atoms with Crippen molar-refractivity contribution in [1.29, 1.82) is 0 Å². The Balaban J connectivity index is 1.67. The van der Waals surface area contributed by atoms with Crippen molar-refractivity contribution in [2.75, 3.05) is 16.4 Å². The maximum Gasteiger partial charge on any atom is 0.227 e. The lowest BCUT2D eigenvalue weighted by molar-refractivity contribution is 0.410. The molecule has 2 aromatic heterocycles. The van der Waals surface area contributed by atoms with Crippen molar-refractivity contribution < 1.29 is 0 Å². The van der Waals surface area contributed by atoms with Crippen LogP contribution in [-0.4, -0.2) is 37.0 Å². The number of hydrogen-bond acceptors (Lipinski definition) is 8. The standard InChI is InChI=1S/C18H24ClN9/c1-2-28-17-15(26-27-28)16(22-12-7-8-13(19)14(21)9-12)24-18(25-17)23-11-5-3-10(20)4-6-11/h7-11H,2-6,20-21H2,1H3,(H2,22,23,24,25). The van der Waals surface area contributed by atoms with Crippen molar-refractivity contribution in [2.24, 2.45) is 5.73 Å². The van der Waals surface area contributed by atoms with Gasteiger partial charge in [-0.05, 0) is 50.8 Å². The van der Waals surface area contributed by atoms with Crippen LogP contribution in [0.2, 0.25) is 5.02 Å². The van der Waals surface area contributed by atoms with Crippen molar-refractivity contribution in [1.82, 2.24) is 25.0 Å². The topological polar surface area (TPSA) is 133 Å². The molecule has 4 rings (SSSR count). The molecule has 28 heavy (non-hydrogen) atoms. The quantitative estimate of drug-likeness (QED) is 0.479. The third kappa shape index (κ3) is 3.81. The number of aryl methyl sites for hydroxylation is 1. The zero-order valence-corrected chi connectivity index (χ0v) is 16.4. The van der Waals surface area contributed by atoms with E-state index in [4.69, 9.17) is 23.1 Å². The van der Waals surface area contributed by atoms with E-state index in [1.807, 2.05) is 13.0 Å². The van der Waals surface area contributed by atoms with E-state index in [1.165, 1.54) is 0 Å². The number of nitrogens with one attached hydrogen (secondary N) is 2. The van der Waals surface area contributed by atoms with E-state index < -0.39 is 0 Å². The molecule has 1 fully saturated rings. The van der Waals surface area contributed by atoms with Crippen LogP contribution in [0.15, 0.2) is 18.2 Å². The zero-order valence-electron chi connectivity index (χ0n) is 15.7. The third-order valence-electron chi connectivity index (χ3n) is 5.03. The molecule has 0 atom stereocenters. The Hall–Kier alpha value is -2.65. The molecule has 148 valence electrons. The molecule has 1 aliphatic carbocycles. The highest BCUT2D eigenvalue weighted by Crippen LogP contribution is 2.28. The fourth-order valence-electron chi connectivity index (χ4n) is 3.43. The first kappa shape index (κ1) is 18.7. The number of nitrogens with zero attached hydrogens (tertiary/aromatic N) is 5. The average molecular weight is 402 g/mol. The van der Waals surface area contributed by atoms with Crippen LogP contribution in [0.25, 0.3) is 11.2 Å². The number of aromatic nitrogens is 5. The zero-order chi connectivity index (χ0) is 19.7. The summed E-state index contributed by atoms with van der Waals surface area (Å²) in [6.07, 6.45) is 4.02. The number of hydrogen-bond donors (Lipinski definition) is 4. The van der Waals surface area contributed by atoms with E-state index in [2.05, 4.69) is 30.9 Å². The second-order valence-corrected chi connectivity index (χ2v) is 7.50. The summed E-state index contributed by atoms with van der Waals surface area (Å²) in [6.45, 7) is 2.66. The van der Waals surface area contributed by atoms with Crippen LogP contribution in [0.3, 0.4) is 0 Å². The number of rotatable bonds is 5. The van der Waals surface area contributed by atoms with Gasteiger partial charge in [0.2, 0.25) is 5.95 Å². The van der Waals surface area contributed by atoms with E-state index in [0.717, 1.165) is 31.4 Å².